The summed E-state index contributed by atoms with van der Waals surface area (Å²) in [6.07, 6.45) is 0.417. The normalized spacial score (nSPS) is 12.0. The number of carboxylic acid groups (broad SMARTS) is 1. The maximum Gasteiger partial charge on any atom is 0.308 e. The number of carbonyl (C=O) groups excluding carboxylic acids is 1. The van der Waals surface area contributed by atoms with Gasteiger partial charge in [-0.05, 0) is 18.4 Å². The maximum absolute atomic E-state index is 12.0. The molecule has 0 heterocycles. The van der Waals surface area contributed by atoms with Crippen molar-refractivity contribution in [1.29, 1.82) is 0 Å². The van der Waals surface area contributed by atoms with Crippen LogP contribution in [-0.2, 0) is 4.79 Å². The lowest BCUT2D eigenvalue weighted by Gasteiger charge is -2.15. The fraction of sp³-hybridized carbons (Fsp3) is 0.429. The number of nitro benzene ring substituents is 1. The van der Waals surface area contributed by atoms with Crippen LogP contribution in [0.15, 0.2) is 18.2 Å². The number of carbonyl (C=O) groups is 2. The molecule has 0 bridgehead atoms. The molecule has 0 spiro atoms. The minimum Gasteiger partial charge on any atom is -0.481 e. The van der Waals surface area contributed by atoms with Crippen molar-refractivity contribution in [3.05, 3.63) is 33.9 Å². The number of hydrogen-bond donors (Lipinski definition) is 3. The van der Waals surface area contributed by atoms with Crippen molar-refractivity contribution >= 4 is 23.3 Å². The van der Waals surface area contributed by atoms with Gasteiger partial charge in [-0.1, -0.05) is 19.9 Å². The minimum atomic E-state index is -0.999. The van der Waals surface area contributed by atoms with Crippen molar-refractivity contribution in [2.45, 2.75) is 20.3 Å². The van der Waals surface area contributed by atoms with E-state index in [9.17, 15) is 19.7 Å². The number of nitrogen functional groups attached to an aromatic ring is 1. The van der Waals surface area contributed by atoms with Crippen LogP contribution in [0, 0.1) is 22.0 Å². The van der Waals surface area contributed by atoms with Crippen molar-refractivity contribution in [3.63, 3.8) is 0 Å². The molecule has 0 fully saturated rings. The summed E-state index contributed by atoms with van der Waals surface area (Å²) in [7, 11) is 0. The summed E-state index contributed by atoms with van der Waals surface area (Å²) in [5.74, 6) is -2.18. The Balaban J connectivity index is 2.83. The van der Waals surface area contributed by atoms with E-state index < -0.39 is 22.7 Å². The van der Waals surface area contributed by atoms with Gasteiger partial charge in [-0.15, -0.1) is 0 Å². The quantitative estimate of drug-likeness (QED) is 0.398. The number of nitro groups is 1. The van der Waals surface area contributed by atoms with E-state index in [2.05, 4.69) is 5.32 Å². The Morgan fingerprint density at radius 3 is 2.55 bits per heavy atom. The van der Waals surface area contributed by atoms with E-state index in [0.29, 0.717) is 6.42 Å². The molecule has 1 aromatic carbocycles. The van der Waals surface area contributed by atoms with Gasteiger partial charge in [0.1, 0.15) is 5.69 Å². The van der Waals surface area contributed by atoms with Crippen molar-refractivity contribution in [1.82, 2.24) is 5.32 Å². The largest absolute Gasteiger partial charge is 0.481 e. The molecule has 22 heavy (non-hydrogen) atoms. The van der Waals surface area contributed by atoms with Gasteiger partial charge in [-0.2, -0.15) is 0 Å². The molecule has 0 aliphatic rings. The molecule has 120 valence electrons. The number of amides is 1. The van der Waals surface area contributed by atoms with Crippen LogP contribution in [0.3, 0.4) is 0 Å². The number of nitrogens with one attached hydrogen (secondary N) is 1. The molecule has 1 amide bonds. The maximum atomic E-state index is 12.0. The van der Waals surface area contributed by atoms with E-state index in [1.807, 2.05) is 13.8 Å². The molecule has 0 aliphatic heterocycles. The van der Waals surface area contributed by atoms with E-state index in [1.165, 1.54) is 18.2 Å². The Morgan fingerprint density at radius 1 is 1.41 bits per heavy atom. The zero-order chi connectivity index (χ0) is 16.9. The molecule has 0 aromatic heterocycles. The van der Waals surface area contributed by atoms with Crippen LogP contribution >= 0.6 is 0 Å². The SMILES string of the molecule is CC(C)CC(CNC(=O)c1cccc([N+](=O)[O-])c1N)C(=O)O. The first-order valence-corrected chi connectivity index (χ1v) is 6.77. The minimum absolute atomic E-state index is 0.0390. The van der Waals surface area contributed by atoms with E-state index in [-0.39, 0.29) is 29.4 Å². The number of benzene rings is 1. The third-order valence-corrected chi connectivity index (χ3v) is 3.14. The van der Waals surface area contributed by atoms with E-state index in [1.54, 1.807) is 0 Å². The zero-order valence-corrected chi connectivity index (χ0v) is 12.4. The van der Waals surface area contributed by atoms with Crippen LogP contribution in [0.25, 0.3) is 0 Å². The topological polar surface area (TPSA) is 136 Å². The summed E-state index contributed by atoms with van der Waals surface area (Å²) < 4.78 is 0. The van der Waals surface area contributed by atoms with Crippen molar-refractivity contribution in [2.24, 2.45) is 11.8 Å². The molecule has 4 N–H and O–H groups in total. The summed E-state index contributed by atoms with van der Waals surface area (Å²) in [5.41, 5.74) is 4.98. The second kappa shape index (κ2) is 7.39. The Labute approximate surface area is 127 Å². The molecular weight excluding hydrogens is 290 g/mol. The van der Waals surface area contributed by atoms with Crippen molar-refractivity contribution in [2.75, 3.05) is 12.3 Å². The molecular formula is C14H19N3O5. The highest BCUT2D eigenvalue weighted by molar-refractivity contribution is 6.01. The first-order valence-electron chi connectivity index (χ1n) is 6.77. The molecule has 0 saturated heterocycles. The number of para-hydroxylation sites is 1. The van der Waals surface area contributed by atoms with Crippen molar-refractivity contribution < 1.29 is 19.6 Å². The lowest BCUT2D eigenvalue weighted by molar-refractivity contribution is -0.383. The average molecular weight is 309 g/mol. The molecule has 8 heteroatoms. The van der Waals surface area contributed by atoms with Gasteiger partial charge in [0.2, 0.25) is 0 Å². The fourth-order valence-corrected chi connectivity index (χ4v) is 2.06. The number of nitrogens with two attached hydrogens (primary N) is 1. The Bertz CT molecular complexity index is 586. The average Bonchev–Trinajstić information content (AvgIpc) is 2.42. The first kappa shape index (κ1) is 17.4. The van der Waals surface area contributed by atoms with Crippen LogP contribution in [0.4, 0.5) is 11.4 Å². The Hall–Kier alpha value is -2.64. The van der Waals surface area contributed by atoms with Gasteiger partial charge in [0.05, 0.1) is 16.4 Å². The molecule has 1 aromatic rings. The van der Waals surface area contributed by atoms with E-state index in [0.717, 1.165) is 0 Å². The van der Waals surface area contributed by atoms with Crippen LogP contribution in [0.5, 0.6) is 0 Å². The van der Waals surface area contributed by atoms with Gasteiger partial charge in [-0.25, -0.2) is 0 Å². The third kappa shape index (κ3) is 4.44. The summed E-state index contributed by atoms with van der Waals surface area (Å²) in [5, 5.41) is 22.4. The predicted molar refractivity (Wildman–Crippen MR) is 80.4 cm³/mol. The van der Waals surface area contributed by atoms with Crippen LogP contribution in [-0.4, -0.2) is 28.5 Å². The fourth-order valence-electron chi connectivity index (χ4n) is 2.06. The van der Waals surface area contributed by atoms with Crippen LogP contribution < -0.4 is 11.1 Å². The van der Waals surface area contributed by atoms with E-state index in [4.69, 9.17) is 10.8 Å². The van der Waals surface area contributed by atoms with Gasteiger partial charge < -0.3 is 16.2 Å². The molecule has 1 unspecified atom stereocenters. The first-order chi connectivity index (χ1) is 10.2. The predicted octanol–water partition coefficient (Wildman–Crippen LogP) is 1.65. The highest BCUT2D eigenvalue weighted by Crippen LogP contribution is 2.24. The van der Waals surface area contributed by atoms with Crippen molar-refractivity contribution in [3.8, 4) is 0 Å². The van der Waals surface area contributed by atoms with E-state index >= 15 is 0 Å². The smallest absolute Gasteiger partial charge is 0.308 e. The molecule has 0 aliphatic carbocycles. The van der Waals surface area contributed by atoms with Gasteiger partial charge in [0.25, 0.3) is 11.6 Å². The lowest BCUT2D eigenvalue weighted by atomic mass is 9.97. The second-order valence-electron chi connectivity index (χ2n) is 5.37. The molecule has 8 nitrogen and oxygen atoms in total. The monoisotopic (exact) mass is 309 g/mol. The van der Waals surface area contributed by atoms with Gasteiger partial charge in [-0.3, -0.25) is 19.7 Å². The Morgan fingerprint density at radius 2 is 2.05 bits per heavy atom. The number of rotatable bonds is 7. The molecule has 0 saturated carbocycles. The summed E-state index contributed by atoms with van der Waals surface area (Å²) in [4.78, 5) is 33.3. The van der Waals surface area contributed by atoms with Gasteiger partial charge in [0, 0.05) is 12.6 Å². The van der Waals surface area contributed by atoms with Crippen LogP contribution in [0.1, 0.15) is 30.6 Å². The second-order valence-corrected chi connectivity index (χ2v) is 5.37. The molecule has 1 rings (SSSR count). The summed E-state index contributed by atoms with van der Waals surface area (Å²) in [6.45, 7) is 3.71. The number of anilines is 1. The summed E-state index contributed by atoms with van der Waals surface area (Å²) in [6, 6.07) is 3.91. The van der Waals surface area contributed by atoms with Gasteiger partial charge >= 0.3 is 5.97 Å². The number of hydrogen-bond acceptors (Lipinski definition) is 5. The van der Waals surface area contributed by atoms with Gasteiger partial charge in [0.15, 0.2) is 0 Å². The Kier molecular flexibility index (Phi) is 5.85. The third-order valence-electron chi connectivity index (χ3n) is 3.14. The summed E-state index contributed by atoms with van der Waals surface area (Å²) >= 11 is 0. The number of aliphatic carboxylic acids is 1. The molecule has 0 radical (unpaired) electrons. The highest BCUT2D eigenvalue weighted by Gasteiger charge is 2.22. The lowest BCUT2D eigenvalue weighted by Crippen LogP contribution is -2.34. The zero-order valence-electron chi connectivity index (χ0n) is 12.4. The molecule has 1 atom stereocenters. The standard InChI is InChI=1S/C14H19N3O5/c1-8(2)6-9(14(19)20)7-16-13(18)10-4-3-5-11(12(10)15)17(21)22/h3-5,8-9H,6-7,15H2,1-2H3,(H,16,18)(H,19,20). The highest BCUT2D eigenvalue weighted by atomic mass is 16.6. The number of nitrogens with zero attached hydrogens (tertiary/aromatic N) is 1. The number of carboxylic acids is 1. The van der Waals surface area contributed by atoms with Crippen LogP contribution in [0.2, 0.25) is 0 Å².